The lowest BCUT2D eigenvalue weighted by Crippen LogP contribution is -2.49. The summed E-state index contributed by atoms with van der Waals surface area (Å²) >= 11 is 12.4. The fraction of sp³-hybridized carbons (Fsp3) is 0.667. The zero-order chi connectivity index (χ0) is 17.0. The van der Waals surface area contributed by atoms with Crippen molar-refractivity contribution in [2.24, 2.45) is 5.92 Å². The van der Waals surface area contributed by atoms with Crippen LogP contribution in [0.2, 0.25) is 10.3 Å². The molecule has 0 aromatic carbocycles. The van der Waals surface area contributed by atoms with Crippen LogP contribution in [0.25, 0.3) is 0 Å². The smallest absolute Gasteiger partial charge is 0.358 e. The first-order valence-electron chi connectivity index (χ1n) is 7.65. The van der Waals surface area contributed by atoms with Gasteiger partial charge in [-0.2, -0.15) is 4.98 Å². The highest BCUT2D eigenvalue weighted by Crippen LogP contribution is 2.33. The van der Waals surface area contributed by atoms with Gasteiger partial charge >= 0.3 is 5.97 Å². The number of methoxy groups -OCH3 is 1. The van der Waals surface area contributed by atoms with Crippen molar-refractivity contribution in [2.75, 3.05) is 31.8 Å². The van der Waals surface area contributed by atoms with Crippen LogP contribution < -0.4 is 4.90 Å². The molecular weight excluding hydrogens is 341 g/mol. The molecule has 2 rings (SSSR count). The fourth-order valence-electron chi connectivity index (χ4n) is 2.84. The van der Waals surface area contributed by atoms with Crippen molar-refractivity contribution in [2.45, 2.75) is 32.7 Å². The van der Waals surface area contributed by atoms with Crippen molar-refractivity contribution in [3.8, 4) is 0 Å². The molecular formula is C15H21Cl2N3O3. The number of halogens is 2. The maximum Gasteiger partial charge on any atom is 0.358 e. The minimum atomic E-state index is -0.632. The lowest BCUT2D eigenvalue weighted by molar-refractivity contribution is 0.0593. The van der Waals surface area contributed by atoms with Crippen LogP contribution >= 0.6 is 23.2 Å². The quantitative estimate of drug-likeness (QED) is 0.592. The lowest BCUT2D eigenvalue weighted by atomic mass is 9.95. The topological polar surface area (TPSA) is 64.5 Å². The van der Waals surface area contributed by atoms with Crippen LogP contribution in [0.5, 0.6) is 0 Å². The molecule has 2 atom stereocenters. The SMILES string of the molecule is CCCC(C)C1COCCN1c1nc(Cl)nc(C(=O)OC)c1Cl. The van der Waals surface area contributed by atoms with Gasteiger partial charge < -0.3 is 14.4 Å². The third-order valence-electron chi connectivity index (χ3n) is 4.02. The van der Waals surface area contributed by atoms with E-state index in [0.717, 1.165) is 12.8 Å². The molecule has 8 heteroatoms. The van der Waals surface area contributed by atoms with Crippen LogP contribution in [0.15, 0.2) is 0 Å². The molecule has 1 aliphatic rings. The van der Waals surface area contributed by atoms with Gasteiger partial charge in [0.15, 0.2) is 11.5 Å². The molecule has 0 aliphatic carbocycles. The van der Waals surface area contributed by atoms with Crippen LogP contribution in [0.4, 0.5) is 5.82 Å². The van der Waals surface area contributed by atoms with E-state index in [1.807, 2.05) is 0 Å². The first kappa shape index (κ1) is 18.2. The fourth-order valence-corrected chi connectivity index (χ4v) is 3.27. The third-order valence-corrected chi connectivity index (χ3v) is 4.54. The normalized spacial score (nSPS) is 19.5. The minimum Gasteiger partial charge on any atom is -0.464 e. The highest BCUT2D eigenvalue weighted by Gasteiger charge is 2.32. The molecule has 6 nitrogen and oxygen atoms in total. The van der Waals surface area contributed by atoms with E-state index in [4.69, 9.17) is 32.7 Å². The van der Waals surface area contributed by atoms with E-state index in [1.165, 1.54) is 7.11 Å². The number of hydrogen-bond donors (Lipinski definition) is 0. The summed E-state index contributed by atoms with van der Waals surface area (Å²) in [6, 6.07) is 0.123. The molecule has 128 valence electrons. The maximum atomic E-state index is 11.8. The number of rotatable bonds is 5. The van der Waals surface area contributed by atoms with Gasteiger partial charge in [0.2, 0.25) is 5.28 Å². The molecule has 2 unspecified atom stereocenters. The van der Waals surface area contributed by atoms with Crippen LogP contribution in [-0.2, 0) is 9.47 Å². The van der Waals surface area contributed by atoms with Crippen LogP contribution in [0.1, 0.15) is 37.2 Å². The number of esters is 1. The van der Waals surface area contributed by atoms with Crippen molar-refractivity contribution >= 4 is 35.0 Å². The van der Waals surface area contributed by atoms with Crippen LogP contribution in [-0.4, -0.2) is 48.8 Å². The van der Waals surface area contributed by atoms with Crippen molar-refractivity contribution in [3.05, 3.63) is 16.0 Å². The third kappa shape index (κ3) is 4.05. The molecule has 0 radical (unpaired) electrons. The number of aromatic nitrogens is 2. The molecule has 2 heterocycles. The lowest BCUT2D eigenvalue weighted by Gasteiger charge is -2.40. The van der Waals surface area contributed by atoms with Gasteiger partial charge in [0, 0.05) is 6.54 Å². The maximum absolute atomic E-state index is 11.8. The molecule has 1 saturated heterocycles. The van der Waals surface area contributed by atoms with E-state index < -0.39 is 5.97 Å². The van der Waals surface area contributed by atoms with E-state index in [1.54, 1.807) is 0 Å². The Hall–Kier alpha value is -1.11. The molecule has 0 N–H and O–H groups in total. The number of anilines is 1. The summed E-state index contributed by atoms with van der Waals surface area (Å²) in [5, 5.41) is 0.134. The Bertz CT molecular complexity index is 571. The van der Waals surface area contributed by atoms with E-state index in [9.17, 15) is 4.79 Å². The predicted octanol–water partition coefficient (Wildman–Crippen LogP) is 3.21. The standard InChI is InChI=1S/C15H21Cl2N3O3/c1-4-5-9(2)10-8-23-7-6-20(10)13-11(16)12(14(21)22-3)18-15(17)19-13/h9-10H,4-8H2,1-3H3. The van der Waals surface area contributed by atoms with E-state index in [0.29, 0.717) is 31.5 Å². The van der Waals surface area contributed by atoms with Gasteiger partial charge in [-0.15, -0.1) is 0 Å². The zero-order valence-corrected chi connectivity index (χ0v) is 15.0. The number of carbonyl (C=O) groups is 1. The van der Waals surface area contributed by atoms with Crippen molar-refractivity contribution < 1.29 is 14.3 Å². The average Bonchev–Trinajstić information content (AvgIpc) is 2.56. The highest BCUT2D eigenvalue weighted by atomic mass is 35.5. The second-order valence-electron chi connectivity index (χ2n) is 5.57. The molecule has 1 fully saturated rings. The van der Waals surface area contributed by atoms with Gasteiger partial charge in [0.1, 0.15) is 5.02 Å². The zero-order valence-electron chi connectivity index (χ0n) is 13.5. The van der Waals surface area contributed by atoms with Gasteiger partial charge in [0.05, 0.1) is 26.4 Å². The summed E-state index contributed by atoms with van der Waals surface area (Å²) in [4.78, 5) is 22.0. The molecule has 1 aromatic rings. The van der Waals surface area contributed by atoms with Crippen LogP contribution in [0, 0.1) is 5.92 Å². The summed E-state index contributed by atoms with van der Waals surface area (Å²) in [5.41, 5.74) is -0.0162. The minimum absolute atomic E-state index is 0.0162. The van der Waals surface area contributed by atoms with Gasteiger partial charge in [-0.25, -0.2) is 9.78 Å². The summed E-state index contributed by atoms with van der Waals surface area (Å²) < 4.78 is 10.3. The Kier molecular flexibility index (Phi) is 6.44. The Balaban J connectivity index is 2.41. The van der Waals surface area contributed by atoms with Gasteiger partial charge in [-0.05, 0) is 23.9 Å². The number of hydrogen-bond acceptors (Lipinski definition) is 6. The summed E-state index contributed by atoms with van der Waals surface area (Å²) in [5.74, 6) is 0.224. The van der Waals surface area contributed by atoms with E-state index >= 15 is 0 Å². The molecule has 23 heavy (non-hydrogen) atoms. The van der Waals surface area contributed by atoms with Crippen molar-refractivity contribution in [1.82, 2.24) is 9.97 Å². The van der Waals surface area contributed by atoms with Crippen molar-refractivity contribution in [1.29, 1.82) is 0 Å². The number of ether oxygens (including phenoxy) is 2. The molecule has 1 aromatic heterocycles. The molecule has 1 aliphatic heterocycles. The predicted molar refractivity (Wildman–Crippen MR) is 89.4 cm³/mol. The van der Waals surface area contributed by atoms with Gasteiger partial charge in [-0.1, -0.05) is 31.9 Å². The van der Waals surface area contributed by atoms with Crippen LogP contribution in [0.3, 0.4) is 0 Å². The highest BCUT2D eigenvalue weighted by molar-refractivity contribution is 6.36. The largest absolute Gasteiger partial charge is 0.464 e. The Morgan fingerprint density at radius 2 is 2.22 bits per heavy atom. The van der Waals surface area contributed by atoms with E-state index in [-0.39, 0.29) is 22.0 Å². The molecule has 0 spiro atoms. The second kappa shape index (κ2) is 8.13. The number of carbonyl (C=O) groups excluding carboxylic acids is 1. The first-order chi connectivity index (χ1) is 11.0. The summed E-state index contributed by atoms with van der Waals surface area (Å²) in [6.07, 6.45) is 2.14. The van der Waals surface area contributed by atoms with Gasteiger partial charge in [-0.3, -0.25) is 0 Å². The van der Waals surface area contributed by atoms with Crippen molar-refractivity contribution in [3.63, 3.8) is 0 Å². The first-order valence-corrected chi connectivity index (χ1v) is 8.40. The molecule has 0 bridgehead atoms. The van der Waals surface area contributed by atoms with Gasteiger partial charge in [0.25, 0.3) is 0 Å². The average molecular weight is 362 g/mol. The monoisotopic (exact) mass is 361 g/mol. The Morgan fingerprint density at radius 3 is 2.87 bits per heavy atom. The summed E-state index contributed by atoms with van der Waals surface area (Å²) in [7, 11) is 1.27. The van der Waals surface area contributed by atoms with E-state index in [2.05, 4.69) is 28.7 Å². The summed E-state index contributed by atoms with van der Waals surface area (Å²) in [6.45, 7) is 6.11. The Labute approximate surface area is 146 Å². The second-order valence-corrected chi connectivity index (χ2v) is 6.29. The molecule has 0 amide bonds. The molecule has 0 saturated carbocycles. The Morgan fingerprint density at radius 1 is 1.48 bits per heavy atom. The number of nitrogens with zero attached hydrogens (tertiary/aromatic N) is 3. The number of morpholine rings is 1.